The number of nitrogens with one attached hydrogen (secondary N) is 2. The van der Waals surface area contributed by atoms with Gasteiger partial charge in [-0.25, -0.2) is 0 Å². The summed E-state index contributed by atoms with van der Waals surface area (Å²) in [7, 11) is 0. The number of carbonyl (C=O) groups excluding carboxylic acids is 1. The SMILES string of the molecule is Cc1cccc(NC(=O)c2ccc(C)c(Nc3cc(-c4ccsc4)nc4c3C=CC4)c2)c1. The van der Waals surface area contributed by atoms with Crippen LogP contribution in [0.3, 0.4) is 0 Å². The van der Waals surface area contributed by atoms with E-state index in [4.69, 9.17) is 4.98 Å². The number of anilines is 3. The maximum absolute atomic E-state index is 12.9. The Kier molecular flexibility index (Phi) is 5.33. The second-order valence-electron chi connectivity index (χ2n) is 8.01. The van der Waals surface area contributed by atoms with Crippen molar-refractivity contribution in [1.29, 1.82) is 0 Å². The first kappa shape index (κ1) is 20.2. The minimum absolute atomic E-state index is 0.127. The zero-order valence-electron chi connectivity index (χ0n) is 18.0. The van der Waals surface area contributed by atoms with Crippen molar-refractivity contribution < 1.29 is 4.79 Å². The highest BCUT2D eigenvalue weighted by Crippen LogP contribution is 2.34. The van der Waals surface area contributed by atoms with Gasteiger partial charge in [0, 0.05) is 45.6 Å². The number of hydrogen-bond donors (Lipinski definition) is 2. The van der Waals surface area contributed by atoms with Crippen molar-refractivity contribution in [2.45, 2.75) is 20.3 Å². The molecule has 1 aliphatic rings. The van der Waals surface area contributed by atoms with Crippen LogP contribution in [-0.2, 0) is 6.42 Å². The van der Waals surface area contributed by atoms with Gasteiger partial charge in [-0.1, -0.05) is 30.4 Å². The van der Waals surface area contributed by atoms with E-state index in [1.165, 1.54) is 0 Å². The summed E-state index contributed by atoms with van der Waals surface area (Å²) in [5, 5.41) is 10.7. The van der Waals surface area contributed by atoms with E-state index >= 15 is 0 Å². The summed E-state index contributed by atoms with van der Waals surface area (Å²) in [6.07, 6.45) is 5.09. The number of carbonyl (C=O) groups is 1. The first-order valence-corrected chi connectivity index (χ1v) is 11.5. The van der Waals surface area contributed by atoms with Gasteiger partial charge < -0.3 is 10.6 Å². The molecule has 1 aliphatic carbocycles. The highest BCUT2D eigenvalue weighted by molar-refractivity contribution is 7.08. The quantitative estimate of drug-likeness (QED) is 0.354. The van der Waals surface area contributed by atoms with Gasteiger partial charge in [-0.15, -0.1) is 0 Å². The van der Waals surface area contributed by atoms with Crippen molar-refractivity contribution in [3.63, 3.8) is 0 Å². The largest absolute Gasteiger partial charge is 0.355 e. The van der Waals surface area contributed by atoms with Gasteiger partial charge in [-0.05, 0) is 66.8 Å². The highest BCUT2D eigenvalue weighted by atomic mass is 32.1. The maximum atomic E-state index is 12.9. The second-order valence-corrected chi connectivity index (χ2v) is 8.79. The van der Waals surface area contributed by atoms with Crippen molar-refractivity contribution in [3.8, 4) is 11.3 Å². The lowest BCUT2D eigenvalue weighted by atomic mass is 10.1. The van der Waals surface area contributed by atoms with Crippen LogP contribution in [-0.4, -0.2) is 10.9 Å². The first-order valence-electron chi connectivity index (χ1n) is 10.6. The summed E-state index contributed by atoms with van der Waals surface area (Å²) < 4.78 is 0. The van der Waals surface area contributed by atoms with Crippen LogP contribution < -0.4 is 10.6 Å². The van der Waals surface area contributed by atoms with Gasteiger partial charge in [0.2, 0.25) is 0 Å². The molecule has 4 aromatic rings. The summed E-state index contributed by atoms with van der Waals surface area (Å²) >= 11 is 1.67. The van der Waals surface area contributed by atoms with E-state index in [9.17, 15) is 4.79 Å². The number of nitrogens with zero attached hydrogens (tertiary/aromatic N) is 1. The summed E-state index contributed by atoms with van der Waals surface area (Å²) in [4.78, 5) is 17.7. The van der Waals surface area contributed by atoms with E-state index in [1.54, 1.807) is 11.3 Å². The summed E-state index contributed by atoms with van der Waals surface area (Å²) in [5.74, 6) is -0.127. The molecule has 0 spiro atoms. The average Bonchev–Trinajstić information content (AvgIpc) is 3.47. The molecular weight excluding hydrogens is 414 g/mol. The molecule has 4 nitrogen and oxygen atoms in total. The minimum atomic E-state index is -0.127. The van der Waals surface area contributed by atoms with E-state index in [-0.39, 0.29) is 5.91 Å². The molecule has 0 bridgehead atoms. The average molecular weight is 438 g/mol. The number of aromatic nitrogens is 1. The number of benzene rings is 2. The molecule has 2 aromatic carbocycles. The summed E-state index contributed by atoms with van der Waals surface area (Å²) in [6, 6.07) is 17.7. The Morgan fingerprint density at radius 2 is 1.94 bits per heavy atom. The molecular formula is C27H23N3OS. The monoisotopic (exact) mass is 437 g/mol. The third-order valence-electron chi connectivity index (χ3n) is 5.60. The van der Waals surface area contributed by atoms with Gasteiger partial charge >= 0.3 is 0 Å². The van der Waals surface area contributed by atoms with Crippen molar-refractivity contribution in [1.82, 2.24) is 4.98 Å². The molecule has 2 aromatic heterocycles. The molecule has 1 amide bonds. The van der Waals surface area contributed by atoms with Crippen LogP contribution in [0.15, 0.2) is 71.4 Å². The molecule has 5 rings (SSSR count). The van der Waals surface area contributed by atoms with Crippen LogP contribution in [0.25, 0.3) is 17.3 Å². The van der Waals surface area contributed by atoms with E-state index in [1.807, 2.05) is 56.3 Å². The Bertz CT molecular complexity index is 1340. The van der Waals surface area contributed by atoms with Gasteiger partial charge in [0.05, 0.1) is 11.4 Å². The molecule has 0 fully saturated rings. The van der Waals surface area contributed by atoms with Crippen LogP contribution in [0.2, 0.25) is 0 Å². The summed E-state index contributed by atoms with van der Waals surface area (Å²) in [5.41, 5.74) is 9.76. The molecule has 2 N–H and O–H groups in total. The minimum Gasteiger partial charge on any atom is -0.355 e. The molecule has 0 atom stereocenters. The third kappa shape index (κ3) is 4.07. The Balaban J connectivity index is 1.46. The second kappa shape index (κ2) is 8.44. The first-order chi connectivity index (χ1) is 15.6. The molecule has 32 heavy (non-hydrogen) atoms. The van der Waals surface area contributed by atoms with Crippen molar-refractivity contribution in [2.75, 3.05) is 10.6 Å². The molecule has 158 valence electrons. The number of rotatable bonds is 5. The summed E-state index contributed by atoms with van der Waals surface area (Å²) in [6.45, 7) is 4.05. The zero-order chi connectivity index (χ0) is 22.1. The molecule has 0 aliphatic heterocycles. The number of amides is 1. The number of allylic oxidation sites excluding steroid dienone is 1. The van der Waals surface area contributed by atoms with Gasteiger partial charge in [0.15, 0.2) is 0 Å². The molecule has 0 unspecified atom stereocenters. The van der Waals surface area contributed by atoms with Crippen LogP contribution in [0, 0.1) is 13.8 Å². The maximum Gasteiger partial charge on any atom is 0.255 e. The van der Waals surface area contributed by atoms with E-state index < -0.39 is 0 Å². The molecule has 0 saturated heterocycles. The van der Waals surface area contributed by atoms with E-state index in [0.29, 0.717) is 5.56 Å². The van der Waals surface area contributed by atoms with E-state index in [2.05, 4.69) is 45.7 Å². The fraction of sp³-hybridized carbons (Fsp3) is 0.111. The Hall–Kier alpha value is -3.70. The highest BCUT2D eigenvalue weighted by Gasteiger charge is 2.16. The Morgan fingerprint density at radius 1 is 1.03 bits per heavy atom. The van der Waals surface area contributed by atoms with Gasteiger partial charge in [0.25, 0.3) is 5.91 Å². The number of aryl methyl sites for hydroxylation is 2. The third-order valence-corrected chi connectivity index (χ3v) is 6.28. The number of hydrogen-bond acceptors (Lipinski definition) is 4. The molecule has 5 heteroatoms. The van der Waals surface area contributed by atoms with Crippen LogP contribution >= 0.6 is 11.3 Å². The van der Waals surface area contributed by atoms with E-state index in [0.717, 1.165) is 57.1 Å². The molecule has 2 heterocycles. The van der Waals surface area contributed by atoms with Gasteiger partial charge in [-0.2, -0.15) is 11.3 Å². The molecule has 0 radical (unpaired) electrons. The van der Waals surface area contributed by atoms with Gasteiger partial charge in [-0.3, -0.25) is 9.78 Å². The zero-order valence-corrected chi connectivity index (χ0v) is 18.8. The van der Waals surface area contributed by atoms with Crippen LogP contribution in [0.4, 0.5) is 17.1 Å². The fourth-order valence-corrected chi connectivity index (χ4v) is 4.52. The lowest BCUT2D eigenvalue weighted by Gasteiger charge is -2.16. The van der Waals surface area contributed by atoms with Crippen molar-refractivity contribution >= 4 is 40.4 Å². The van der Waals surface area contributed by atoms with Crippen molar-refractivity contribution in [3.05, 3.63) is 99.4 Å². The predicted octanol–water partition coefficient (Wildman–Crippen LogP) is 6.99. The predicted molar refractivity (Wildman–Crippen MR) is 134 cm³/mol. The number of pyridine rings is 1. The smallest absolute Gasteiger partial charge is 0.255 e. The normalized spacial score (nSPS) is 11.9. The number of thiophene rings is 1. The van der Waals surface area contributed by atoms with Crippen LogP contribution in [0.5, 0.6) is 0 Å². The Labute approximate surface area is 191 Å². The lowest BCUT2D eigenvalue weighted by molar-refractivity contribution is 0.102. The fourth-order valence-electron chi connectivity index (χ4n) is 3.87. The molecule has 0 saturated carbocycles. The number of fused-ring (bicyclic) bond motifs is 1. The lowest BCUT2D eigenvalue weighted by Crippen LogP contribution is -2.12. The standard InChI is InChI=1S/C27H23N3OS/c1-17-5-3-6-21(13-17)28-27(31)19-10-9-18(2)24(14-19)30-26-15-25(20-11-12-32-16-20)29-23-8-4-7-22(23)26/h3-7,9-16H,8H2,1-2H3,(H,28,31)(H,29,30). The van der Waals surface area contributed by atoms with Crippen molar-refractivity contribution in [2.24, 2.45) is 0 Å². The van der Waals surface area contributed by atoms with Gasteiger partial charge in [0.1, 0.15) is 0 Å². The topological polar surface area (TPSA) is 54.0 Å². The van der Waals surface area contributed by atoms with Crippen LogP contribution in [0.1, 0.15) is 32.7 Å². The Morgan fingerprint density at radius 3 is 2.75 bits per heavy atom.